The van der Waals surface area contributed by atoms with Crippen LogP contribution in [-0.2, 0) is 27.2 Å². The van der Waals surface area contributed by atoms with Gasteiger partial charge in [0, 0.05) is 0 Å². The number of rotatable bonds is 0. The Morgan fingerprint density at radius 3 is 1.92 bits per heavy atom. The summed E-state index contributed by atoms with van der Waals surface area (Å²) in [6.45, 7) is 0. The van der Waals surface area contributed by atoms with E-state index in [0.29, 0.717) is 0 Å². The summed E-state index contributed by atoms with van der Waals surface area (Å²) in [5, 5.41) is 0. The molecule has 1 rings (SSSR count). The van der Waals surface area contributed by atoms with E-state index in [2.05, 4.69) is 12.2 Å². The molecule has 0 atom stereocenters. The molecule has 0 fully saturated rings. The van der Waals surface area contributed by atoms with Gasteiger partial charge in [-0.3, -0.25) is 6.08 Å². The van der Waals surface area contributed by atoms with Crippen LogP contribution in [0.2, 0.25) is 0 Å². The van der Waals surface area contributed by atoms with E-state index in [4.69, 9.17) is 0 Å². The average molecular weight is 202 g/mol. The van der Waals surface area contributed by atoms with Crippen LogP contribution in [-0.4, -0.2) is 14.2 Å². The Morgan fingerprint density at radius 1 is 1.25 bits per heavy atom. The number of hydrogen-bond donors (Lipinski definition) is 0. The van der Waals surface area contributed by atoms with Crippen LogP contribution in [0.4, 0.5) is 0 Å². The summed E-state index contributed by atoms with van der Waals surface area (Å²) in [6, 6.07) is 0. The standard InChI is InChI=1S/C5H5.3CO.Cr.H/c1-2-4-5-3-1;3*1-2;;/h1-3H,4H2;;;;;/q-1;;;;;-1. The van der Waals surface area contributed by atoms with E-state index in [1.807, 2.05) is 12.2 Å². The monoisotopic (exact) mass is 202 g/mol. The van der Waals surface area contributed by atoms with Crippen LogP contribution in [0.25, 0.3) is 0 Å². The van der Waals surface area contributed by atoms with E-state index >= 15 is 0 Å². The van der Waals surface area contributed by atoms with E-state index in [1.54, 1.807) is 0 Å². The summed E-state index contributed by atoms with van der Waals surface area (Å²) >= 11 is -2.47. The van der Waals surface area contributed by atoms with Crippen molar-refractivity contribution in [2.75, 3.05) is 0 Å². The summed E-state index contributed by atoms with van der Waals surface area (Å²) in [5.41, 5.74) is 0. The molecule has 0 aromatic carbocycles. The molecule has 0 amide bonds. The minimum absolute atomic E-state index is 0. The van der Waals surface area contributed by atoms with Gasteiger partial charge in [0.25, 0.3) is 0 Å². The van der Waals surface area contributed by atoms with Gasteiger partial charge in [0.05, 0.1) is 0 Å². The molecule has 12 heavy (non-hydrogen) atoms. The molecule has 1 aliphatic carbocycles. The van der Waals surface area contributed by atoms with E-state index in [1.165, 1.54) is 14.2 Å². The fourth-order valence-corrected chi connectivity index (χ4v) is 0.551. The van der Waals surface area contributed by atoms with Crippen molar-refractivity contribution < 1.29 is 28.6 Å². The van der Waals surface area contributed by atoms with Gasteiger partial charge in [0.1, 0.15) is 0 Å². The predicted molar refractivity (Wildman–Crippen MR) is 39.8 cm³/mol. The first kappa shape index (κ1) is 10.8. The third kappa shape index (κ3) is 5.53. The van der Waals surface area contributed by atoms with Crippen molar-refractivity contribution >= 4 is 14.2 Å². The van der Waals surface area contributed by atoms with E-state index in [9.17, 15) is 14.4 Å². The molecule has 0 aromatic rings. The average Bonchev–Trinajstić information content (AvgIpc) is 2.64. The predicted octanol–water partition coefficient (Wildman–Crippen LogP) is 0.224. The molecule has 0 bridgehead atoms. The maximum Gasteiger partial charge on any atom is -0.109 e. The summed E-state index contributed by atoms with van der Waals surface area (Å²) in [5.74, 6) is 0. The van der Waals surface area contributed by atoms with Crippen LogP contribution in [0.3, 0.4) is 0 Å². The molecule has 0 saturated carbocycles. The van der Waals surface area contributed by atoms with Crippen LogP contribution < -0.4 is 0 Å². The second-order valence-electron chi connectivity index (χ2n) is 1.56. The zero-order valence-corrected chi connectivity index (χ0v) is 7.35. The third-order valence-electron chi connectivity index (χ3n) is 0.836. The van der Waals surface area contributed by atoms with Crippen molar-refractivity contribution in [2.45, 2.75) is 6.42 Å². The van der Waals surface area contributed by atoms with E-state index < -0.39 is 12.8 Å². The zero-order chi connectivity index (χ0) is 9.23. The van der Waals surface area contributed by atoms with Gasteiger partial charge in [-0.15, -0.1) is 6.42 Å². The van der Waals surface area contributed by atoms with Crippen molar-refractivity contribution in [3.63, 3.8) is 0 Å². The second kappa shape index (κ2) is 7.86. The van der Waals surface area contributed by atoms with Gasteiger partial charge < -0.3 is 1.43 Å². The Kier molecular flexibility index (Phi) is 7.04. The maximum absolute atomic E-state index is 9.37. The minimum atomic E-state index is -2.47. The van der Waals surface area contributed by atoms with Crippen LogP contribution in [0.15, 0.2) is 18.2 Å². The Bertz CT molecular complexity index is 345. The smallest absolute Gasteiger partial charge is 0.109 e. The molecule has 0 spiro atoms. The van der Waals surface area contributed by atoms with Crippen molar-refractivity contribution in [3.05, 3.63) is 24.3 Å². The van der Waals surface area contributed by atoms with Gasteiger partial charge in [0.15, 0.2) is 0 Å². The molecule has 1 aliphatic rings. The van der Waals surface area contributed by atoms with Crippen LogP contribution in [0, 0.1) is 6.08 Å². The number of carbonyl (C=O) groups excluding carboxylic acids is 3. The molecular weight excluding hydrogens is 196 g/mol. The largest absolute Gasteiger partial charge is 1.00 e. The van der Waals surface area contributed by atoms with Crippen molar-refractivity contribution in [2.24, 2.45) is 0 Å². The normalized spacial score (nSPS) is 10.3. The summed E-state index contributed by atoms with van der Waals surface area (Å²) in [7, 11) is 0. The molecule has 4 heteroatoms. The fraction of sp³-hybridized carbons (Fsp3) is 0.125. The van der Waals surface area contributed by atoms with Crippen molar-refractivity contribution in [3.8, 4) is 0 Å². The molecule has 0 unspecified atom stereocenters. The number of allylic oxidation sites excluding steroid dienone is 4. The Hall–Kier alpha value is -1.25. The zero-order valence-electron chi connectivity index (χ0n) is 7.07. The van der Waals surface area contributed by atoms with Gasteiger partial charge in [-0.25, -0.2) is 12.2 Å². The van der Waals surface area contributed by atoms with Gasteiger partial charge in [-0.05, 0) is 0 Å². The molecular formula is C8H6CrO3-2. The number of hydrogen-bond acceptors (Lipinski definition) is 3. The van der Waals surface area contributed by atoms with Gasteiger partial charge >= 0.3 is 41.5 Å². The van der Waals surface area contributed by atoms with Crippen LogP contribution in [0.5, 0.6) is 0 Å². The first-order chi connectivity index (χ1) is 5.85. The van der Waals surface area contributed by atoms with Gasteiger partial charge in [-0.2, -0.15) is 6.08 Å². The van der Waals surface area contributed by atoms with Gasteiger partial charge in [-0.1, -0.05) is 0 Å². The molecule has 64 valence electrons. The topological polar surface area (TPSA) is 51.2 Å². The second-order valence-corrected chi connectivity index (χ2v) is 3.30. The maximum atomic E-state index is 9.37. The molecule has 0 radical (unpaired) electrons. The molecule has 0 saturated heterocycles. The Balaban J connectivity index is 0. The van der Waals surface area contributed by atoms with Crippen LogP contribution in [0.1, 0.15) is 7.85 Å². The first-order valence-electron chi connectivity index (χ1n) is 2.94. The molecule has 0 N–H and O–H groups in total. The van der Waals surface area contributed by atoms with E-state index in [0.717, 1.165) is 6.42 Å². The van der Waals surface area contributed by atoms with Crippen LogP contribution >= 0.6 is 0 Å². The van der Waals surface area contributed by atoms with Crippen molar-refractivity contribution in [1.82, 2.24) is 0 Å². The van der Waals surface area contributed by atoms with Crippen molar-refractivity contribution in [1.29, 1.82) is 0 Å². The first-order valence-corrected chi connectivity index (χ1v) is 4.85. The summed E-state index contributed by atoms with van der Waals surface area (Å²) < 4.78 is 3.69. The summed E-state index contributed by atoms with van der Waals surface area (Å²) in [6.07, 6.45) is 10.0. The fourth-order valence-electron chi connectivity index (χ4n) is 0.391. The van der Waals surface area contributed by atoms with E-state index in [-0.39, 0.29) is 1.43 Å². The molecule has 3 nitrogen and oxygen atoms in total. The molecule has 0 aromatic heterocycles. The SMILES string of the molecule is O=[C]=[Cr](=[C]=O)=[C]=O.[C-]1=CC=CC1.[H-]. The Labute approximate surface area is 74.1 Å². The summed E-state index contributed by atoms with van der Waals surface area (Å²) in [4.78, 5) is 28.1. The minimum Gasteiger partial charge on any atom is -1.00 e. The Morgan fingerprint density at radius 2 is 1.83 bits per heavy atom. The van der Waals surface area contributed by atoms with Gasteiger partial charge in [0.2, 0.25) is 0 Å². The third-order valence-corrected chi connectivity index (χ3v) is 1.62. The molecule has 0 heterocycles. The quantitative estimate of drug-likeness (QED) is 0.528. The molecule has 0 aliphatic heterocycles.